The Bertz CT molecular complexity index is 1050. The normalized spacial score (nSPS) is 15.9. The van der Waals surface area contributed by atoms with Crippen LogP contribution in [-0.4, -0.2) is 75.5 Å². The first-order chi connectivity index (χ1) is 15.7. The minimum Gasteiger partial charge on any atom is -0.354 e. The van der Waals surface area contributed by atoms with E-state index in [9.17, 15) is 13.2 Å². The smallest absolute Gasteiger partial charge is 0.242 e. The van der Waals surface area contributed by atoms with E-state index >= 15 is 0 Å². The van der Waals surface area contributed by atoms with Gasteiger partial charge < -0.3 is 15.1 Å². The molecule has 2 aromatic rings. The summed E-state index contributed by atoms with van der Waals surface area (Å²) in [5, 5.41) is 2.82. The molecule has 1 atom stereocenters. The van der Waals surface area contributed by atoms with Crippen LogP contribution in [0.15, 0.2) is 41.4 Å². The molecule has 10 heteroatoms. The molecule has 0 aliphatic carbocycles. The third kappa shape index (κ3) is 6.92. The molecule has 1 aliphatic rings. The molecule has 0 bridgehead atoms. The number of carbonyl (C=O) groups excluding carboxylic acids is 1. The van der Waals surface area contributed by atoms with Crippen molar-refractivity contribution < 1.29 is 13.2 Å². The zero-order valence-electron chi connectivity index (χ0n) is 19.7. The fourth-order valence-corrected chi connectivity index (χ4v) is 5.67. The first-order valence-corrected chi connectivity index (χ1v) is 13.9. The monoisotopic (exact) mass is 491 g/mol. The van der Waals surface area contributed by atoms with Crippen molar-refractivity contribution in [2.75, 3.05) is 55.5 Å². The van der Waals surface area contributed by atoms with Crippen LogP contribution in [0.2, 0.25) is 0 Å². The van der Waals surface area contributed by atoms with Crippen LogP contribution in [0.3, 0.4) is 0 Å². The van der Waals surface area contributed by atoms with Gasteiger partial charge >= 0.3 is 0 Å². The van der Waals surface area contributed by atoms with Crippen LogP contribution >= 0.6 is 11.8 Å². The third-order valence-corrected chi connectivity index (χ3v) is 7.96. The summed E-state index contributed by atoms with van der Waals surface area (Å²) in [4.78, 5) is 22.2. The van der Waals surface area contributed by atoms with Gasteiger partial charge in [-0.25, -0.2) is 13.4 Å². The molecule has 3 rings (SSSR count). The lowest BCUT2D eigenvalue weighted by Crippen LogP contribution is -2.45. The van der Waals surface area contributed by atoms with Gasteiger partial charge in [-0.05, 0) is 68.7 Å². The summed E-state index contributed by atoms with van der Waals surface area (Å²) >= 11 is 1.56. The van der Waals surface area contributed by atoms with E-state index in [4.69, 9.17) is 0 Å². The maximum Gasteiger partial charge on any atom is 0.242 e. The second kappa shape index (κ2) is 11.3. The number of aromatic nitrogens is 1. The number of hydrogen-bond donors (Lipinski definition) is 2. The van der Waals surface area contributed by atoms with E-state index < -0.39 is 22.0 Å². The molecule has 0 radical (unpaired) electrons. The summed E-state index contributed by atoms with van der Waals surface area (Å²) in [6, 6.07) is 8.07. The summed E-state index contributed by atoms with van der Waals surface area (Å²) in [5.41, 5.74) is 2.02. The lowest BCUT2D eigenvalue weighted by Gasteiger charge is -2.33. The van der Waals surface area contributed by atoms with Crippen molar-refractivity contribution in [3.63, 3.8) is 0 Å². The number of anilines is 2. The Morgan fingerprint density at radius 2 is 1.88 bits per heavy atom. The minimum absolute atomic E-state index is 0.197. The fraction of sp³-hybridized carbons (Fsp3) is 0.478. The number of benzene rings is 1. The Labute approximate surface area is 201 Å². The van der Waals surface area contributed by atoms with Crippen molar-refractivity contribution >= 4 is 39.2 Å². The SMILES string of the molecule is CSCC[C@@H](NS(=O)(=O)c1cc(C)ccc1C)C(=O)Nc1ccc(N2CCN(C)CC2)nc1. The van der Waals surface area contributed by atoms with Gasteiger partial charge in [-0.1, -0.05) is 12.1 Å². The van der Waals surface area contributed by atoms with Crippen LogP contribution < -0.4 is 14.9 Å². The molecule has 2 heterocycles. The van der Waals surface area contributed by atoms with Gasteiger partial charge in [-0.15, -0.1) is 0 Å². The van der Waals surface area contributed by atoms with Crippen molar-refractivity contribution in [2.24, 2.45) is 0 Å². The Hall–Kier alpha value is -2.14. The summed E-state index contributed by atoms with van der Waals surface area (Å²) in [7, 11) is -1.75. The Morgan fingerprint density at radius 3 is 2.52 bits per heavy atom. The quantitative estimate of drug-likeness (QED) is 0.557. The summed E-state index contributed by atoms with van der Waals surface area (Å²) in [6.07, 6.45) is 3.93. The highest BCUT2D eigenvalue weighted by Gasteiger charge is 2.27. The van der Waals surface area contributed by atoms with E-state index in [1.54, 1.807) is 37.0 Å². The molecule has 1 amide bonds. The van der Waals surface area contributed by atoms with Gasteiger partial charge in [0.25, 0.3) is 0 Å². The number of hydrogen-bond acceptors (Lipinski definition) is 7. The van der Waals surface area contributed by atoms with E-state index in [1.165, 1.54) is 0 Å². The highest BCUT2D eigenvalue weighted by atomic mass is 32.2. The lowest BCUT2D eigenvalue weighted by molar-refractivity contribution is -0.117. The zero-order chi connectivity index (χ0) is 24.0. The third-order valence-electron chi connectivity index (χ3n) is 5.70. The van der Waals surface area contributed by atoms with Gasteiger partial charge in [-0.2, -0.15) is 16.5 Å². The predicted octanol–water partition coefficient (Wildman–Crippen LogP) is 2.49. The number of likely N-dealkylation sites (N-methyl/N-ethyl adjacent to an activating group) is 1. The number of rotatable bonds is 9. The fourth-order valence-electron chi connectivity index (χ4n) is 3.64. The van der Waals surface area contributed by atoms with Crippen molar-refractivity contribution in [1.82, 2.24) is 14.6 Å². The average Bonchev–Trinajstić information content (AvgIpc) is 2.79. The second-order valence-electron chi connectivity index (χ2n) is 8.41. The largest absolute Gasteiger partial charge is 0.354 e. The number of nitrogens with one attached hydrogen (secondary N) is 2. The van der Waals surface area contributed by atoms with Crippen molar-refractivity contribution in [3.8, 4) is 0 Å². The number of amides is 1. The van der Waals surface area contributed by atoms with Gasteiger partial charge in [0.1, 0.15) is 11.9 Å². The number of aryl methyl sites for hydroxylation is 2. The summed E-state index contributed by atoms with van der Waals surface area (Å²) in [6.45, 7) is 7.38. The van der Waals surface area contributed by atoms with E-state index in [2.05, 4.69) is 31.9 Å². The first kappa shape index (κ1) is 25.5. The van der Waals surface area contributed by atoms with E-state index in [1.807, 2.05) is 31.4 Å². The standard InChI is InChI=1S/C23H33N5O3S2/c1-17-5-6-18(2)21(15-17)33(30,31)26-20(9-14-32-4)23(29)25-19-7-8-22(24-16-19)28-12-10-27(3)11-13-28/h5-8,15-16,20,26H,9-14H2,1-4H3,(H,25,29)/t20-/m1/s1. The van der Waals surface area contributed by atoms with Gasteiger partial charge in [0.15, 0.2) is 0 Å². The summed E-state index contributed by atoms with van der Waals surface area (Å²) < 4.78 is 28.7. The van der Waals surface area contributed by atoms with Gasteiger partial charge in [-0.3, -0.25) is 4.79 Å². The Morgan fingerprint density at radius 1 is 1.15 bits per heavy atom. The van der Waals surface area contributed by atoms with Crippen molar-refractivity contribution in [2.45, 2.75) is 31.2 Å². The second-order valence-corrected chi connectivity index (χ2v) is 11.1. The van der Waals surface area contributed by atoms with Crippen LogP contribution in [0.1, 0.15) is 17.5 Å². The number of sulfonamides is 1. The molecule has 1 aliphatic heterocycles. The molecular formula is C23H33N5O3S2. The first-order valence-electron chi connectivity index (χ1n) is 11.0. The maximum absolute atomic E-state index is 13.1. The number of pyridine rings is 1. The average molecular weight is 492 g/mol. The molecular weight excluding hydrogens is 458 g/mol. The van der Waals surface area contributed by atoms with Gasteiger partial charge in [0.05, 0.1) is 16.8 Å². The van der Waals surface area contributed by atoms with Crippen LogP contribution in [0.4, 0.5) is 11.5 Å². The molecule has 180 valence electrons. The molecule has 0 saturated carbocycles. The van der Waals surface area contributed by atoms with E-state index in [0.29, 0.717) is 23.4 Å². The molecule has 2 N–H and O–H groups in total. The number of piperazine rings is 1. The summed E-state index contributed by atoms with van der Waals surface area (Å²) in [5.74, 6) is 1.12. The number of thioether (sulfide) groups is 1. The van der Waals surface area contributed by atoms with Crippen LogP contribution in [0.25, 0.3) is 0 Å². The number of nitrogens with zero attached hydrogens (tertiary/aromatic N) is 3. The molecule has 0 unspecified atom stereocenters. The molecule has 33 heavy (non-hydrogen) atoms. The molecule has 1 saturated heterocycles. The number of carbonyl (C=O) groups is 1. The maximum atomic E-state index is 13.1. The molecule has 0 spiro atoms. The predicted molar refractivity (Wildman–Crippen MR) is 136 cm³/mol. The van der Waals surface area contributed by atoms with E-state index in [-0.39, 0.29) is 4.90 Å². The lowest BCUT2D eigenvalue weighted by atomic mass is 10.2. The van der Waals surface area contributed by atoms with Crippen molar-refractivity contribution in [1.29, 1.82) is 0 Å². The Kier molecular flexibility index (Phi) is 8.75. The van der Waals surface area contributed by atoms with Gasteiger partial charge in [0.2, 0.25) is 15.9 Å². The van der Waals surface area contributed by atoms with Crippen LogP contribution in [-0.2, 0) is 14.8 Å². The molecule has 1 aromatic heterocycles. The highest BCUT2D eigenvalue weighted by molar-refractivity contribution is 7.98. The minimum atomic E-state index is -3.85. The molecule has 8 nitrogen and oxygen atoms in total. The Balaban J connectivity index is 1.70. The van der Waals surface area contributed by atoms with Crippen LogP contribution in [0, 0.1) is 13.8 Å². The molecule has 1 aromatic carbocycles. The highest BCUT2D eigenvalue weighted by Crippen LogP contribution is 2.19. The van der Waals surface area contributed by atoms with Gasteiger partial charge in [0, 0.05) is 26.2 Å². The topological polar surface area (TPSA) is 94.6 Å². The van der Waals surface area contributed by atoms with E-state index in [0.717, 1.165) is 37.6 Å². The zero-order valence-corrected chi connectivity index (χ0v) is 21.3. The molecule has 1 fully saturated rings. The van der Waals surface area contributed by atoms with Crippen LogP contribution in [0.5, 0.6) is 0 Å². The van der Waals surface area contributed by atoms with Crippen molar-refractivity contribution in [3.05, 3.63) is 47.7 Å².